The summed E-state index contributed by atoms with van der Waals surface area (Å²) in [5, 5.41) is 0. The fourth-order valence-corrected chi connectivity index (χ4v) is 4.95. The molecule has 0 amide bonds. The number of hydrogen-bond donors (Lipinski definition) is 0. The molecule has 0 saturated heterocycles. The van der Waals surface area contributed by atoms with Gasteiger partial charge in [-0.15, -0.1) is 0 Å². The number of ether oxygens (including phenoxy) is 2. The van der Waals surface area contributed by atoms with Gasteiger partial charge in [0, 0.05) is 12.8 Å². The van der Waals surface area contributed by atoms with Crippen molar-refractivity contribution in [1.29, 1.82) is 0 Å². The molecule has 0 rings (SSSR count). The van der Waals surface area contributed by atoms with Gasteiger partial charge in [-0.2, -0.15) is 0 Å². The van der Waals surface area contributed by atoms with Crippen molar-refractivity contribution in [3.05, 3.63) is 60.8 Å². The summed E-state index contributed by atoms with van der Waals surface area (Å²) in [5.41, 5.74) is 0. The van der Waals surface area contributed by atoms with Crippen molar-refractivity contribution in [2.45, 2.75) is 123 Å². The highest BCUT2D eigenvalue weighted by Crippen LogP contribution is 2.38. The predicted molar refractivity (Wildman–Crippen MR) is 194 cm³/mol. The smallest absolute Gasteiger partial charge is 0.306 e. The Balaban J connectivity index is 4.57. The molecule has 10 heteroatoms. The van der Waals surface area contributed by atoms with Crippen molar-refractivity contribution in [1.82, 2.24) is 0 Å². The first-order chi connectivity index (χ1) is 23.0. The molecule has 0 fully saturated rings. The molecule has 0 aromatic heterocycles. The van der Waals surface area contributed by atoms with E-state index in [-0.39, 0.29) is 26.1 Å². The van der Waals surface area contributed by atoms with Gasteiger partial charge in [0.15, 0.2) is 6.10 Å². The van der Waals surface area contributed by atoms with Crippen LogP contribution < -0.4 is 4.89 Å². The molecule has 48 heavy (non-hydrogen) atoms. The van der Waals surface area contributed by atoms with Gasteiger partial charge in [-0.3, -0.25) is 14.2 Å². The van der Waals surface area contributed by atoms with Crippen molar-refractivity contribution in [3.8, 4) is 0 Å². The quantitative estimate of drug-likeness (QED) is 0.0233. The second-order valence-electron chi connectivity index (χ2n) is 12.9. The minimum Gasteiger partial charge on any atom is -0.756 e. The molecule has 0 aromatic rings. The first-order valence-electron chi connectivity index (χ1n) is 18.0. The Kier molecular flexibility index (Phi) is 29.3. The minimum atomic E-state index is -4.63. The number of esters is 2. The van der Waals surface area contributed by atoms with Crippen molar-refractivity contribution in [3.63, 3.8) is 0 Å². The summed E-state index contributed by atoms with van der Waals surface area (Å²) in [5.74, 6) is -0.902. The van der Waals surface area contributed by atoms with Gasteiger partial charge in [-0.25, -0.2) is 0 Å². The zero-order chi connectivity index (χ0) is 35.8. The molecule has 0 heterocycles. The summed E-state index contributed by atoms with van der Waals surface area (Å²) in [7, 11) is 1.12. The Hall–Kier alpha value is -2.29. The van der Waals surface area contributed by atoms with Gasteiger partial charge in [0.1, 0.15) is 19.8 Å². The molecule has 2 atom stereocenters. The third-order valence-electron chi connectivity index (χ3n) is 7.11. The molecule has 276 valence electrons. The van der Waals surface area contributed by atoms with Crippen LogP contribution in [-0.4, -0.2) is 70.0 Å². The van der Waals surface area contributed by atoms with E-state index in [9.17, 15) is 19.0 Å². The Labute approximate surface area is 292 Å². The fraction of sp³-hybridized carbons (Fsp3) is 0.684. The highest BCUT2D eigenvalue weighted by molar-refractivity contribution is 7.45. The van der Waals surface area contributed by atoms with Crippen LogP contribution in [-0.2, 0) is 32.7 Å². The number of rotatable bonds is 31. The van der Waals surface area contributed by atoms with Crippen molar-refractivity contribution >= 4 is 19.8 Å². The fourth-order valence-electron chi connectivity index (χ4n) is 4.22. The van der Waals surface area contributed by atoms with Gasteiger partial charge < -0.3 is 27.9 Å². The molecule has 0 aromatic carbocycles. The van der Waals surface area contributed by atoms with E-state index in [2.05, 4.69) is 56.4 Å². The van der Waals surface area contributed by atoms with Crippen LogP contribution in [0.4, 0.5) is 0 Å². The number of hydrogen-bond acceptors (Lipinski definition) is 8. The number of allylic oxidation sites excluding steroid dienone is 10. The van der Waals surface area contributed by atoms with E-state index in [1.54, 1.807) is 0 Å². The van der Waals surface area contributed by atoms with Crippen LogP contribution in [0.25, 0.3) is 0 Å². The molecule has 0 radical (unpaired) electrons. The van der Waals surface area contributed by atoms with E-state index in [0.717, 1.165) is 64.2 Å². The summed E-state index contributed by atoms with van der Waals surface area (Å²) in [4.78, 5) is 37.2. The third-order valence-corrected chi connectivity index (χ3v) is 8.07. The van der Waals surface area contributed by atoms with E-state index < -0.39 is 32.5 Å². The normalized spacial score (nSPS) is 14.5. The zero-order valence-electron chi connectivity index (χ0n) is 30.7. The van der Waals surface area contributed by atoms with Crippen molar-refractivity contribution < 1.29 is 42.1 Å². The average Bonchev–Trinajstić information content (AvgIpc) is 3.02. The molecule has 0 aliphatic heterocycles. The number of likely N-dealkylation sites (N-methyl/N-ethyl adjacent to an activating group) is 1. The van der Waals surface area contributed by atoms with Crippen molar-refractivity contribution in [2.75, 3.05) is 47.5 Å². The first kappa shape index (κ1) is 45.7. The van der Waals surface area contributed by atoms with Gasteiger partial charge >= 0.3 is 11.9 Å². The van der Waals surface area contributed by atoms with E-state index in [1.807, 2.05) is 39.4 Å². The van der Waals surface area contributed by atoms with E-state index in [4.69, 9.17) is 18.5 Å². The maximum atomic E-state index is 12.6. The molecule has 0 aliphatic rings. The number of nitrogens with zero attached hydrogens (tertiary/aromatic N) is 1. The van der Waals surface area contributed by atoms with Crippen LogP contribution in [0.15, 0.2) is 60.8 Å². The summed E-state index contributed by atoms with van der Waals surface area (Å²) in [6, 6.07) is 0. The summed E-state index contributed by atoms with van der Waals surface area (Å²) in [6.07, 6.45) is 34.0. The monoisotopic (exact) mass is 695 g/mol. The number of phosphoric acid groups is 1. The van der Waals surface area contributed by atoms with Gasteiger partial charge in [-0.1, -0.05) is 113 Å². The zero-order valence-corrected chi connectivity index (χ0v) is 31.5. The molecule has 0 aliphatic carbocycles. The Morgan fingerprint density at radius 3 is 1.79 bits per heavy atom. The Morgan fingerprint density at radius 1 is 0.667 bits per heavy atom. The highest BCUT2D eigenvalue weighted by Gasteiger charge is 2.21. The second kappa shape index (κ2) is 30.7. The highest BCUT2D eigenvalue weighted by atomic mass is 31.2. The first-order valence-corrected chi connectivity index (χ1v) is 19.5. The maximum absolute atomic E-state index is 12.6. The lowest BCUT2D eigenvalue weighted by molar-refractivity contribution is -0.870. The van der Waals surface area contributed by atoms with Gasteiger partial charge in [0.05, 0.1) is 27.7 Å². The lowest BCUT2D eigenvalue weighted by Gasteiger charge is -2.28. The van der Waals surface area contributed by atoms with Crippen LogP contribution in [0, 0.1) is 0 Å². The molecule has 2 unspecified atom stereocenters. The molecule has 9 nitrogen and oxygen atoms in total. The molecular formula is C38H66NO8P. The van der Waals surface area contributed by atoms with Gasteiger partial charge in [-0.05, 0) is 51.4 Å². The number of carbonyl (C=O) groups is 2. The second-order valence-corrected chi connectivity index (χ2v) is 14.3. The molecule has 0 N–H and O–H groups in total. The summed E-state index contributed by atoms with van der Waals surface area (Å²) < 4.78 is 33.6. The molecule has 0 saturated carbocycles. The van der Waals surface area contributed by atoms with Crippen LogP contribution >= 0.6 is 7.82 Å². The van der Waals surface area contributed by atoms with Crippen LogP contribution in [0.3, 0.4) is 0 Å². The lowest BCUT2D eigenvalue weighted by Crippen LogP contribution is -2.37. The number of quaternary nitrogens is 1. The number of phosphoric ester groups is 1. The van der Waals surface area contributed by atoms with E-state index >= 15 is 0 Å². The largest absolute Gasteiger partial charge is 0.756 e. The maximum Gasteiger partial charge on any atom is 0.306 e. The number of unbranched alkanes of at least 4 members (excludes halogenated alkanes) is 10. The predicted octanol–water partition coefficient (Wildman–Crippen LogP) is 8.71. The Morgan fingerprint density at radius 2 is 1.19 bits per heavy atom. The van der Waals surface area contributed by atoms with Crippen molar-refractivity contribution in [2.24, 2.45) is 0 Å². The standard InChI is InChI=1S/C38H66NO8P/c1-6-8-10-12-14-16-18-19-21-23-25-27-29-31-38(41)47-36(35-46-48(42,43)45-33-32-39(3,4)5)34-44-37(40)30-28-26-24-22-20-17-15-13-11-9-7-2/h8,10,12-18,20,36H,6-7,9,11,19,21-35H2,1-5H3/b10-8+,14-12+,15-13+,18-16+,20-17+. The summed E-state index contributed by atoms with van der Waals surface area (Å²) >= 11 is 0. The SMILES string of the molecule is CC/C=C/C=C/C=C/CCCCCCCC(=O)OC(COC(=O)CCCCC/C=C/C=C/CCCC)COP(=O)([O-])OCC[N+](C)(C)C. The molecular weight excluding hydrogens is 629 g/mol. The van der Waals surface area contributed by atoms with Gasteiger partial charge in [0.2, 0.25) is 0 Å². The third kappa shape index (κ3) is 33.6. The van der Waals surface area contributed by atoms with Crippen LogP contribution in [0.5, 0.6) is 0 Å². The van der Waals surface area contributed by atoms with Crippen LogP contribution in [0.1, 0.15) is 117 Å². The topological polar surface area (TPSA) is 111 Å². The van der Waals surface area contributed by atoms with E-state index in [1.165, 1.54) is 12.8 Å². The average molecular weight is 696 g/mol. The molecule has 0 bridgehead atoms. The molecule has 0 spiro atoms. The van der Waals surface area contributed by atoms with E-state index in [0.29, 0.717) is 23.9 Å². The summed E-state index contributed by atoms with van der Waals surface area (Å²) in [6.45, 7) is 3.93. The Bertz CT molecular complexity index is 1010. The van der Waals surface area contributed by atoms with Crippen LogP contribution in [0.2, 0.25) is 0 Å². The van der Waals surface area contributed by atoms with Gasteiger partial charge in [0.25, 0.3) is 7.82 Å². The lowest BCUT2D eigenvalue weighted by atomic mass is 10.1. The minimum absolute atomic E-state index is 0.0425. The number of carbonyl (C=O) groups excluding carboxylic acids is 2.